The summed E-state index contributed by atoms with van der Waals surface area (Å²) in [6, 6.07) is -1.52. The van der Waals surface area contributed by atoms with Crippen LogP contribution >= 0.6 is 0 Å². The summed E-state index contributed by atoms with van der Waals surface area (Å²) in [5, 5.41) is 2.77. The van der Waals surface area contributed by atoms with E-state index in [0.29, 0.717) is 6.42 Å². The van der Waals surface area contributed by atoms with Gasteiger partial charge < -0.3 is 19.6 Å². The first-order valence-corrected chi connectivity index (χ1v) is 10.6. The highest BCUT2D eigenvalue weighted by Crippen LogP contribution is 2.31. The summed E-state index contributed by atoms with van der Waals surface area (Å²) < 4.78 is 11.2. The molecule has 0 aromatic carbocycles. The molecule has 172 valence electrons. The molecule has 0 aromatic rings. The third kappa shape index (κ3) is 8.05. The van der Waals surface area contributed by atoms with Crippen LogP contribution in [-0.2, 0) is 28.7 Å². The number of likely N-dealkylation sites (tertiary alicyclic amines) is 1. The fourth-order valence-corrected chi connectivity index (χ4v) is 3.62. The standard InChI is InChI=1S/C22H38N2O6/c1-9-16(11-23-14(2)26)18(20(28)30-22(6,7)8)24-12-15(13-25)10-17(24)19(27)29-21(3,4)5/h13,15-18H,9-12H2,1-8H3,(H,23,26). The first-order chi connectivity index (χ1) is 13.7. The Morgan fingerprint density at radius 1 is 1.10 bits per heavy atom. The zero-order chi connectivity index (χ0) is 23.3. The molecule has 1 N–H and O–H groups in total. The molecule has 4 atom stereocenters. The summed E-state index contributed by atoms with van der Waals surface area (Å²) in [6.45, 7) is 14.5. The first kappa shape index (κ1) is 26.1. The Morgan fingerprint density at radius 3 is 2.10 bits per heavy atom. The Balaban J connectivity index is 3.30. The zero-order valence-corrected chi connectivity index (χ0v) is 19.6. The van der Waals surface area contributed by atoms with Gasteiger partial charge in [0, 0.05) is 31.8 Å². The van der Waals surface area contributed by atoms with E-state index < -0.39 is 35.2 Å². The number of carbonyl (C=O) groups is 4. The summed E-state index contributed by atoms with van der Waals surface area (Å²) in [5.74, 6) is -1.81. The third-order valence-corrected chi connectivity index (χ3v) is 4.83. The van der Waals surface area contributed by atoms with Gasteiger partial charge in [-0.1, -0.05) is 6.92 Å². The summed E-state index contributed by atoms with van der Waals surface area (Å²) >= 11 is 0. The molecule has 4 unspecified atom stereocenters. The van der Waals surface area contributed by atoms with E-state index in [1.54, 1.807) is 46.4 Å². The summed E-state index contributed by atoms with van der Waals surface area (Å²) in [5.41, 5.74) is -1.41. The number of nitrogens with one attached hydrogen (secondary N) is 1. The van der Waals surface area contributed by atoms with Crippen LogP contribution in [0.25, 0.3) is 0 Å². The van der Waals surface area contributed by atoms with Gasteiger partial charge in [-0.05, 0) is 54.4 Å². The lowest BCUT2D eigenvalue weighted by Gasteiger charge is -2.37. The summed E-state index contributed by atoms with van der Waals surface area (Å²) in [6.07, 6.45) is 1.68. The van der Waals surface area contributed by atoms with Crippen molar-refractivity contribution in [1.29, 1.82) is 0 Å². The molecule has 1 aliphatic heterocycles. The normalized spacial score (nSPS) is 22.1. The fourth-order valence-electron chi connectivity index (χ4n) is 3.62. The van der Waals surface area contributed by atoms with Crippen molar-refractivity contribution in [3.63, 3.8) is 0 Å². The molecule has 8 nitrogen and oxygen atoms in total. The molecular formula is C22H38N2O6. The van der Waals surface area contributed by atoms with E-state index in [-0.39, 0.29) is 37.3 Å². The molecule has 8 heteroatoms. The second-order valence-electron chi connectivity index (χ2n) is 9.96. The molecule has 1 aliphatic rings. The average molecular weight is 427 g/mol. The lowest BCUT2D eigenvalue weighted by Crippen LogP contribution is -2.55. The van der Waals surface area contributed by atoms with Gasteiger partial charge >= 0.3 is 11.9 Å². The molecule has 1 amide bonds. The monoisotopic (exact) mass is 426 g/mol. The zero-order valence-electron chi connectivity index (χ0n) is 19.6. The van der Waals surface area contributed by atoms with Crippen LogP contribution in [0.15, 0.2) is 0 Å². The topological polar surface area (TPSA) is 102 Å². The maximum absolute atomic E-state index is 13.2. The van der Waals surface area contributed by atoms with Gasteiger partial charge in [0.2, 0.25) is 5.91 Å². The van der Waals surface area contributed by atoms with Crippen LogP contribution in [0.2, 0.25) is 0 Å². The molecule has 0 aliphatic carbocycles. The fraction of sp³-hybridized carbons (Fsp3) is 0.818. The van der Waals surface area contributed by atoms with Gasteiger partial charge in [0.15, 0.2) is 0 Å². The Kier molecular flexibility index (Phi) is 9.02. The van der Waals surface area contributed by atoms with E-state index >= 15 is 0 Å². The van der Waals surface area contributed by atoms with Crippen molar-refractivity contribution in [3.05, 3.63) is 0 Å². The van der Waals surface area contributed by atoms with Gasteiger partial charge in [-0.2, -0.15) is 0 Å². The maximum Gasteiger partial charge on any atom is 0.324 e. The minimum absolute atomic E-state index is 0.202. The van der Waals surface area contributed by atoms with Crippen molar-refractivity contribution >= 4 is 24.1 Å². The molecule has 1 rings (SSSR count). The number of hydrogen-bond acceptors (Lipinski definition) is 7. The Hall–Kier alpha value is -1.96. The van der Waals surface area contributed by atoms with E-state index in [1.807, 2.05) is 6.92 Å². The molecular weight excluding hydrogens is 388 g/mol. The number of esters is 2. The second kappa shape index (κ2) is 10.4. The van der Waals surface area contributed by atoms with Gasteiger partial charge in [0.25, 0.3) is 0 Å². The van der Waals surface area contributed by atoms with Crippen molar-refractivity contribution in [1.82, 2.24) is 10.2 Å². The van der Waals surface area contributed by atoms with Crippen molar-refractivity contribution in [2.24, 2.45) is 11.8 Å². The lowest BCUT2D eigenvalue weighted by atomic mass is 9.94. The average Bonchev–Trinajstić information content (AvgIpc) is 2.99. The highest BCUT2D eigenvalue weighted by Gasteiger charge is 2.47. The summed E-state index contributed by atoms with van der Waals surface area (Å²) in [7, 11) is 0. The number of ether oxygens (including phenoxy) is 2. The molecule has 0 spiro atoms. The predicted molar refractivity (Wildman–Crippen MR) is 113 cm³/mol. The Bertz CT molecular complexity index is 635. The molecule has 1 fully saturated rings. The van der Waals surface area contributed by atoms with Crippen molar-refractivity contribution in [2.75, 3.05) is 13.1 Å². The van der Waals surface area contributed by atoms with Crippen LogP contribution in [0.5, 0.6) is 0 Å². The van der Waals surface area contributed by atoms with E-state index in [1.165, 1.54) is 6.92 Å². The van der Waals surface area contributed by atoms with E-state index in [0.717, 1.165) is 6.29 Å². The maximum atomic E-state index is 13.2. The van der Waals surface area contributed by atoms with Crippen molar-refractivity contribution in [2.45, 2.75) is 91.5 Å². The smallest absolute Gasteiger partial charge is 0.324 e. The molecule has 0 bridgehead atoms. The van der Waals surface area contributed by atoms with Crippen LogP contribution in [-0.4, -0.2) is 65.4 Å². The van der Waals surface area contributed by atoms with Crippen molar-refractivity contribution < 1.29 is 28.7 Å². The minimum Gasteiger partial charge on any atom is -0.459 e. The van der Waals surface area contributed by atoms with E-state index in [4.69, 9.17) is 9.47 Å². The van der Waals surface area contributed by atoms with Crippen molar-refractivity contribution in [3.8, 4) is 0 Å². The van der Waals surface area contributed by atoms with Crippen LogP contribution in [0.4, 0.5) is 0 Å². The number of carbonyl (C=O) groups excluding carboxylic acids is 4. The van der Waals surface area contributed by atoms with Gasteiger partial charge in [-0.25, -0.2) is 0 Å². The number of nitrogens with zero attached hydrogens (tertiary/aromatic N) is 1. The van der Waals surface area contributed by atoms with E-state index in [2.05, 4.69) is 5.32 Å². The van der Waals surface area contributed by atoms with Crippen LogP contribution in [0, 0.1) is 11.8 Å². The van der Waals surface area contributed by atoms with Crippen LogP contribution in [0.1, 0.15) is 68.2 Å². The highest BCUT2D eigenvalue weighted by atomic mass is 16.6. The molecule has 0 saturated carbocycles. The first-order valence-electron chi connectivity index (χ1n) is 10.6. The van der Waals surface area contributed by atoms with Gasteiger partial charge in [-0.3, -0.25) is 19.3 Å². The Morgan fingerprint density at radius 2 is 1.67 bits per heavy atom. The molecule has 0 aromatic heterocycles. The molecule has 1 heterocycles. The number of aldehydes is 1. The minimum atomic E-state index is -0.788. The highest BCUT2D eigenvalue weighted by molar-refractivity contribution is 5.82. The van der Waals surface area contributed by atoms with Gasteiger partial charge in [0.05, 0.1) is 0 Å². The lowest BCUT2D eigenvalue weighted by molar-refractivity contribution is -0.170. The van der Waals surface area contributed by atoms with Crippen LogP contribution in [0.3, 0.4) is 0 Å². The number of amides is 1. The van der Waals surface area contributed by atoms with Crippen LogP contribution < -0.4 is 5.32 Å². The van der Waals surface area contributed by atoms with E-state index in [9.17, 15) is 19.2 Å². The summed E-state index contributed by atoms with van der Waals surface area (Å²) in [4.78, 5) is 50.9. The molecule has 30 heavy (non-hydrogen) atoms. The SMILES string of the molecule is CCC(CNC(C)=O)C(C(=O)OC(C)(C)C)N1CC(C=O)CC1C(=O)OC(C)(C)C. The molecule has 0 radical (unpaired) electrons. The third-order valence-electron chi connectivity index (χ3n) is 4.83. The largest absolute Gasteiger partial charge is 0.459 e. The quantitative estimate of drug-likeness (QED) is 0.468. The second-order valence-corrected chi connectivity index (χ2v) is 9.96. The predicted octanol–water partition coefficient (Wildman–Crippen LogP) is 2.09. The molecule has 1 saturated heterocycles. The van der Waals surface area contributed by atoms with Gasteiger partial charge in [0.1, 0.15) is 29.6 Å². The Labute approximate surface area is 180 Å². The van der Waals surface area contributed by atoms with Gasteiger partial charge in [-0.15, -0.1) is 0 Å². The number of rotatable bonds is 8. The number of hydrogen-bond donors (Lipinski definition) is 1.